The van der Waals surface area contributed by atoms with Crippen molar-refractivity contribution in [3.8, 4) is 11.4 Å². The first kappa shape index (κ1) is 14.2. The fourth-order valence-electron chi connectivity index (χ4n) is 2.29. The summed E-state index contributed by atoms with van der Waals surface area (Å²) < 4.78 is 14.0. The quantitative estimate of drug-likeness (QED) is 0.598. The smallest absolute Gasteiger partial charge is 0.161 e. The normalized spacial score (nSPS) is 11.0. The highest BCUT2D eigenvalue weighted by molar-refractivity contribution is 6.41. The number of benzene rings is 2. The molecule has 5 heteroatoms. The van der Waals surface area contributed by atoms with Crippen molar-refractivity contribution in [2.24, 2.45) is 0 Å². The first-order valence-corrected chi connectivity index (χ1v) is 7.27. The van der Waals surface area contributed by atoms with E-state index in [-0.39, 0.29) is 10.7 Å². The summed E-state index contributed by atoms with van der Waals surface area (Å²) in [5, 5.41) is 0.841. The molecule has 0 aliphatic heterocycles. The highest BCUT2D eigenvalue weighted by Crippen LogP contribution is 2.32. The standard InChI is InChI=1S/C16H11Cl2FN2/c1-2-9-5-3-4-6-10(9)16-20-14-12(19)8-7-11(17)13(14)15(18)21-16/h3-8H,2H2,1H3. The Kier molecular flexibility index (Phi) is 3.79. The summed E-state index contributed by atoms with van der Waals surface area (Å²) in [4.78, 5) is 8.61. The van der Waals surface area contributed by atoms with Gasteiger partial charge in [-0.1, -0.05) is 54.4 Å². The predicted octanol–water partition coefficient (Wildman–Crippen LogP) is 5.31. The van der Waals surface area contributed by atoms with Gasteiger partial charge in [0.1, 0.15) is 16.5 Å². The molecular formula is C16H11Cl2FN2. The summed E-state index contributed by atoms with van der Waals surface area (Å²) >= 11 is 12.2. The zero-order valence-electron chi connectivity index (χ0n) is 11.2. The van der Waals surface area contributed by atoms with E-state index in [9.17, 15) is 4.39 Å². The van der Waals surface area contributed by atoms with Crippen molar-refractivity contribution in [3.05, 3.63) is 58.0 Å². The Morgan fingerprint density at radius 3 is 2.57 bits per heavy atom. The molecule has 0 amide bonds. The van der Waals surface area contributed by atoms with Crippen molar-refractivity contribution < 1.29 is 4.39 Å². The van der Waals surface area contributed by atoms with E-state index in [1.807, 2.05) is 31.2 Å². The van der Waals surface area contributed by atoms with Gasteiger partial charge in [0, 0.05) is 5.56 Å². The number of hydrogen-bond donors (Lipinski definition) is 0. The van der Waals surface area contributed by atoms with Crippen LogP contribution < -0.4 is 0 Å². The van der Waals surface area contributed by atoms with E-state index >= 15 is 0 Å². The summed E-state index contributed by atoms with van der Waals surface area (Å²) in [5.74, 6) is -0.0555. The molecular weight excluding hydrogens is 310 g/mol. The SMILES string of the molecule is CCc1ccccc1-c1nc(Cl)c2c(Cl)ccc(F)c2n1. The monoisotopic (exact) mass is 320 g/mol. The molecule has 0 N–H and O–H groups in total. The average Bonchev–Trinajstić information content (AvgIpc) is 2.50. The molecule has 2 nitrogen and oxygen atoms in total. The van der Waals surface area contributed by atoms with Gasteiger partial charge < -0.3 is 0 Å². The third-order valence-electron chi connectivity index (χ3n) is 3.35. The van der Waals surface area contributed by atoms with Crippen molar-refractivity contribution in [1.29, 1.82) is 0 Å². The van der Waals surface area contributed by atoms with Gasteiger partial charge in [-0.2, -0.15) is 0 Å². The van der Waals surface area contributed by atoms with Gasteiger partial charge in [0.05, 0.1) is 10.4 Å². The van der Waals surface area contributed by atoms with Crippen molar-refractivity contribution in [2.75, 3.05) is 0 Å². The average molecular weight is 321 g/mol. The second-order valence-electron chi connectivity index (χ2n) is 4.60. The predicted molar refractivity (Wildman–Crippen MR) is 84.3 cm³/mol. The summed E-state index contributed by atoms with van der Waals surface area (Å²) in [7, 11) is 0. The fraction of sp³-hybridized carbons (Fsp3) is 0.125. The summed E-state index contributed by atoms with van der Waals surface area (Å²) in [6.45, 7) is 2.04. The topological polar surface area (TPSA) is 25.8 Å². The van der Waals surface area contributed by atoms with E-state index in [2.05, 4.69) is 9.97 Å². The minimum atomic E-state index is -0.464. The van der Waals surface area contributed by atoms with E-state index < -0.39 is 5.82 Å². The van der Waals surface area contributed by atoms with Gasteiger partial charge in [-0.3, -0.25) is 0 Å². The number of aromatic nitrogens is 2. The molecule has 0 spiro atoms. The van der Waals surface area contributed by atoms with Crippen LogP contribution in [0.2, 0.25) is 10.2 Å². The molecule has 3 rings (SSSR count). The summed E-state index contributed by atoms with van der Waals surface area (Å²) in [5.41, 5.74) is 2.07. The van der Waals surface area contributed by atoms with Gasteiger partial charge in [0.25, 0.3) is 0 Å². The Morgan fingerprint density at radius 2 is 1.81 bits per heavy atom. The molecule has 21 heavy (non-hydrogen) atoms. The van der Waals surface area contributed by atoms with E-state index in [0.29, 0.717) is 16.2 Å². The zero-order chi connectivity index (χ0) is 15.0. The summed E-state index contributed by atoms with van der Waals surface area (Å²) in [6.07, 6.45) is 0.827. The first-order valence-electron chi connectivity index (χ1n) is 6.51. The van der Waals surface area contributed by atoms with Crippen molar-refractivity contribution in [3.63, 3.8) is 0 Å². The van der Waals surface area contributed by atoms with Gasteiger partial charge in [-0.05, 0) is 24.1 Å². The van der Waals surface area contributed by atoms with Crippen LogP contribution in [-0.2, 0) is 6.42 Å². The zero-order valence-corrected chi connectivity index (χ0v) is 12.7. The highest BCUT2D eigenvalue weighted by Gasteiger charge is 2.15. The first-order chi connectivity index (χ1) is 10.1. The molecule has 3 aromatic rings. The third-order valence-corrected chi connectivity index (χ3v) is 3.93. The Hall–Kier alpha value is -1.71. The lowest BCUT2D eigenvalue weighted by atomic mass is 10.0. The van der Waals surface area contributed by atoms with Crippen LogP contribution in [0.1, 0.15) is 12.5 Å². The number of rotatable bonds is 2. The van der Waals surface area contributed by atoms with Crippen molar-refractivity contribution in [1.82, 2.24) is 9.97 Å². The van der Waals surface area contributed by atoms with Crippen LogP contribution in [0.5, 0.6) is 0 Å². The van der Waals surface area contributed by atoms with Gasteiger partial charge in [-0.25, -0.2) is 14.4 Å². The van der Waals surface area contributed by atoms with E-state index in [1.165, 1.54) is 12.1 Å². The number of nitrogens with zero attached hydrogens (tertiary/aromatic N) is 2. The molecule has 1 aromatic heterocycles. The maximum absolute atomic E-state index is 14.0. The van der Waals surface area contributed by atoms with E-state index in [1.54, 1.807) is 0 Å². The van der Waals surface area contributed by atoms with Gasteiger partial charge in [0.15, 0.2) is 5.82 Å². The lowest BCUT2D eigenvalue weighted by molar-refractivity contribution is 0.636. The van der Waals surface area contributed by atoms with Crippen LogP contribution in [-0.4, -0.2) is 9.97 Å². The Bertz CT molecular complexity index is 834. The van der Waals surface area contributed by atoms with E-state index in [0.717, 1.165) is 17.5 Å². The molecule has 0 saturated carbocycles. The van der Waals surface area contributed by atoms with Crippen LogP contribution in [0.15, 0.2) is 36.4 Å². The molecule has 1 heterocycles. The number of aryl methyl sites for hydroxylation is 1. The van der Waals surface area contributed by atoms with E-state index in [4.69, 9.17) is 23.2 Å². The van der Waals surface area contributed by atoms with Crippen molar-refractivity contribution >= 4 is 34.1 Å². The molecule has 106 valence electrons. The molecule has 0 aliphatic rings. The van der Waals surface area contributed by atoms with Crippen molar-refractivity contribution in [2.45, 2.75) is 13.3 Å². The number of fused-ring (bicyclic) bond motifs is 1. The third kappa shape index (κ3) is 2.47. The minimum Gasteiger partial charge on any atom is -0.225 e. The van der Waals surface area contributed by atoms with Crippen LogP contribution >= 0.6 is 23.2 Å². The maximum Gasteiger partial charge on any atom is 0.161 e. The molecule has 0 fully saturated rings. The number of hydrogen-bond acceptors (Lipinski definition) is 2. The van der Waals surface area contributed by atoms with Crippen LogP contribution in [0.3, 0.4) is 0 Å². The van der Waals surface area contributed by atoms with Crippen LogP contribution in [0, 0.1) is 5.82 Å². The molecule has 0 radical (unpaired) electrons. The van der Waals surface area contributed by atoms with Gasteiger partial charge in [0.2, 0.25) is 0 Å². The fourth-order valence-corrected chi connectivity index (χ4v) is 2.86. The lowest BCUT2D eigenvalue weighted by Crippen LogP contribution is -1.97. The Morgan fingerprint density at radius 1 is 1.05 bits per heavy atom. The second kappa shape index (κ2) is 5.58. The van der Waals surface area contributed by atoms with Gasteiger partial charge >= 0.3 is 0 Å². The van der Waals surface area contributed by atoms with Crippen LogP contribution in [0.25, 0.3) is 22.3 Å². The largest absolute Gasteiger partial charge is 0.225 e. The van der Waals surface area contributed by atoms with Crippen LogP contribution in [0.4, 0.5) is 4.39 Å². The molecule has 0 saturated heterocycles. The molecule has 0 bridgehead atoms. The number of halogens is 3. The maximum atomic E-state index is 14.0. The lowest BCUT2D eigenvalue weighted by Gasteiger charge is -2.09. The Balaban J connectivity index is 2.33. The molecule has 0 aliphatic carbocycles. The molecule has 0 atom stereocenters. The summed E-state index contributed by atoms with van der Waals surface area (Å²) in [6, 6.07) is 10.5. The highest BCUT2D eigenvalue weighted by atomic mass is 35.5. The Labute approximate surface area is 131 Å². The molecule has 0 unspecified atom stereocenters. The minimum absolute atomic E-state index is 0.142. The second-order valence-corrected chi connectivity index (χ2v) is 5.37. The van der Waals surface area contributed by atoms with Gasteiger partial charge in [-0.15, -0.1) is 0 Å². The molecule has 2 aromatic carbocycles.